The van der Waals surface area contributed by atoms with Gasteiger partial charge in [-0.2, -0.15) is 5.26 Å². The van der Waals surface area contributed by atoms with Gasteiger partial charge >= 0.3 is 0 Å². The zero-order valence-electron chi connectivity index (χ0n) is 9.06. The monoisotopic (exact) mass is 217 g/mol. The Balaban J connectivity index is 2.00. The maximum absolute atomic E-state index is 9.19. The second kappa shape index (κ2) is 4.95. The normalized spacial score (nSPS) is 24.0. The Hall–Kier alpha value is -1.60. The van der Waals surface area contributed by atoms with Crippen molar-refractivity contribution >= 4 is 5.82 Å². The van der Waals surface area contributed by atoms with Crippen molar-refractivity contribution < 1.29 is 5.11 Å². The number of pyridine rings is 1. The van der Waals surface area contributed by atoms with E-state index in [0.717, 1.165) is 25.1 Å². The molecule has 0 spiro atoms. The average Bonchev–Trinajstić information content (AvgIpc) is 2.77. The van der Waals surface area contributed by atoms with E-state index in [-0.39, 0.29) is 6.61 Å². The molecular formula is C12H15N3O. The van der Waals surface area contributed by atoms with Gasteiger partial charge in [-0.1, -0.05) is 6.42 Å². The lowest BCUT2D eigenvalue weighted by atomic mass is 10.1. The zero-order chi connectivity index (χ0) is 11.4. The molecule has 2 N–H and O–H groups in total. The van der Waals surface area contributed by atoms with Crippen molar-refractivity contribution in [3.8, 4) is 6.07 Å². The summed E-state index contributed by atoms with van der Waals surface area (Å²) in [5, 5.41) is 21.2. The van der Waals surface area contributed by atoms with Crippen molar-refractivity contribution in [3.63, 3.8) is 0 Å². The van der Waals surface area contributed by atoms with E-state index in [1.807, 2.05) is 12.1 Å². The molecule has 4 heteroatoms. The topological polar surface area (TPSA) is 68.9 Å². The van der Waals surface area contributed by atoms with Crippen LogP contribution in [0.2, 0.25) is 0 Å². The molecule has 1 fully saturated rings. The summed E-state index contributed by atoms with van der Waals surface area (Å²) in [5.74, 6) is 1.11. The summed E-state index contributed by atoms with van der Waals surface area (Å²) in [6.07, 6.45) is 4.86. The van der Waals surface area contributed by atoms with Crippen LogP contribution in [0.5, 0.6) is 0 Å². The number of nitrogens with zero attached hydrogens (tertiary/aromatic N) is 2. The van der Waals surface area contributed by atoms with Gasteiger partial charge in [0.2, 0.25) is 0 Å². The molecule has 0 radical (unpaired) electrons. The Labute approximate surface area is 94.9 Å². The van der Waals surface area contributed by atoms with Crippen LogP contribution < -0.4 is 5.32 Å². The smallest absolute Gasteiger partial charge is 0.126 e. The molecule has 1 aromatic heterocycles. The number of nitriles is 1. The first-order valence-electron chi connectivity index (χ1n) is 5.57. The summed E-state index contributed by atoms with van der Waals surface area (Å²) in [6.45, 7) is 0.230. The lowest BCUT2D eigenvalue weighted by Crippen LogP contribution is -2.26. The number of aliphatic hydroxyl groups is 1. The maximum Gasteiger partial charge on any atom is 0.126 e. The minimum absolute atomic E-state index is 0.230. The molecule has 1 heterocycles. The number of anilines is 1. The Bertz CT molecular complexity index is 382. The van der Waals surface area contributed by atoms with Crippen LogP contribution in [0.15, 0.2) is 18.3 Å². The SMILES string of the molecule is N#Cc1ccc(NC2CCCC2CO)nc1. The first kappa shape index (κ1) is 10.9. The van der Waals surface area contributed by atoms with Crippen LogP contribution in [-0.2, 0) is 0 Å². The standard InChI is InChI=1S/C12H15N3O/c13-6-9-4-5-12(14-7-9)15-11-3-1-2-10(11)8-16/h4-5,7,10-11,16H,1-3,8H2,(H,14,15). The lowest BCUT2D eigenvalue weighted by Gasteiger charge is -2.19. The third-order valence-electron chi connectivity index (χ3n) is 3.12. The first-order valence-corrected chi connectivity index (χ1v) is 5.57. The van der Waals surface area contributed by atoms with Crippen molar-refractivity contribution in [2.75, 3.05) is 11.9 Å². The van der Waals surface area contributed by atoms with Gasteiger partial charge in [0.15, 0.2) is 0 Å². The summed E-state index contributed by atoms with van der Waals surface area (Å²) in [5.41, 5.74) is 0.565. The maximum atomic E-state index is 9.19. The molecule has 16 heavy (non-hydrogen) atoms. The van der Waals surface area contributed by atoms with E-state index < -0.39 is 0 Å². The number of hydrogen-bond acceptors (Lipinski definition) is 4. The van der Waals surface area contributed by atoms with E-state index in [4.69, 9.17) is 5.26 Å². The quantitative estimate of drug-likeness (QED) is 0.805. The van der Waals surface area contributed by atoms with Crippen LogP contribution >= 0.6 is 0 Å². The second-order valence-corrected chi connectivity index (χ2v) is 4.17. The first-order chi connectivity index (χ1) is 7.83. The molecule has 0 aliphatic heterocycles. The fraction of sp³-hybridized carbons (Fsp3) is 0.500. The van der Waals surface area contributed by atoms with Gasteiger partial charge in [-0.05, 0) is 25.0 Å². The Morgan fingerprint density at radius 3 is 3.00 bits per heavy atom. The van der Waals surface area contributed by atoms with Crippen LogP contribution in [0.4, 0.5) is 5.82 Å². The number of hydrogen-bond donors (Lipinski definition) is 2. The van der Waals surface area contributed by atoms with Crippen LogP contribution in [-0.4, -0.2) is 22.7 Å². The highest BCUT2D eigenvalue weighted by atomic mass is 16.3. The molecule has 1 aliphatic carbocycles. The Morgan fingerprint density at radius 1 is 1.50 bits per heavy atom. The zero-order valence-corrected chi connectivity index (χ0v) is 9.06. The molecule has 0 saturated heterocycles. The number of aromatic nitrogens is 1. The largest absolute Gasteiger partial charge is 0.396 e. The molecule has 0 aromatic carbocycles. The second-order valence-electron chi connectivity index (χ2n) is 4.17. The molecule has 1 saturated carbocycles. The molecule has 84 valence electrons. The molecule has 1 aliphatic rings. The molecule has 2 unspecified atom stereocenters. The van der Waals surface area contributed by atoms with E-state index in [9.17, 15) is 5.11 Å². The van der Waals surface area contributed by atoms with E-state index in [2.05, 4.69) is 10.3 Å². The summed E-state index contributed by atoms with van der Waals surface area (Å²) in [7, 11) is 0. The van der Waals surface area contributed by atoms with Gasteiger partial charge in [0.05, 0.1) is 5.56 Å². The highest BCUT2D eigenvalue weighted by Crippen LogP contribution is 2.27. The van der Waals surface area contributed by atoms with Crippen LogP contribution in [0.3, 0.4) is 0 Å². The third-order valence-corrected chi connectivity index (χ3v) is 3.12. The van der Waals surface area contributed by atoms with Gasteiger partial charge < -0.3 is 10.4 Å². The van der Waals surface area contributed by atoms with Gasteiger partial charge in [0.25, 0.3) is 0 Å². The van der Waals surface area contributed by atoms with Gasteiger partial charge in [0, 0.05) is 24.8 Å². The van der Waals surface area contributed by atoms with Gasteiger partial charge in [0.1, 0.15) is 11.9 Å². The molecule has 4 nitrogen and oxygen atoms in total. The molecule has 1 aromatic rings. The number of nitrogens with one attached hydrogen (secondary N) is 1. The molecule has 0 bridgehead atoms. The summed E-state index contributed by atoms with van der Waals surface area (Å²) in [4.78, 5) is 4.17. The molecular weight excluding hydrogens is 202 g/mol. The number of aliphatic hydroxyl groups excluding tert-OH is 1. The summed E-state index contributed by atoms with van der Waals surface area (Å²) < 4.78 is 0. The van der Waals surface area contributed by atoms with Crippen LogP contribution in [0, 0.1) is 17.2 Å². The lowest BCUT2D eigenvalue weighted by molar-refractivity contribution is 0.222. The molecule has 2 rings (SSSR count). The predicted molar refractivity (Wildman–Crippen MR) is 60.8 cm³/mol. The highest BCUT2D eigenvalue weighted by Gasteiger charge is 2.26. The van der Waals surface area contributed by atoms with Gasteiger partial charge in [-0.25, -0.2) is 4.98 Å². The van der Waals surface area contributed by atoms with E-state index in [1.165, 1.54) is 0 Å². The van der Waals surface area contributed by atoms with Crippen molar-refractivity contribution in [2.24, 2.45) is 5.92 Å². The average molecular weight is 217 g/mol. The summed E-state index contributed by atoms with van der Waals surface area (Å²) >= 11 is 0. The molecule has 0 amide bonds. The Kier molecular flexibility index (Phi) is 3.37. The van der Waals surface area contributed by atoms with Crippen molar-refractivity contribution in [1.82, 2.24) is 4.98 Å². The van der Waals surface area contributed by atoms with Crippen LogP contribution in [0.25, 0.3) is 0 Å². The predicted octanol–water partition coefficient (Wildman–Crippen LogP) is 1.53. The fourth-order valence-corrected chi connectivity index (χ4v) is 2.18. The third kappa shape index (κ3) is 2.31. The van der Waals surface area contributed by atoms with Gasteiger partial charge in [-0.3, -0.25) is 0 Å². The highest BCUT2D eigenvalue weighted by molar-refractivity contribution is 5.40. The van der Waals surface area contributed by atoms with Crippen molar-refractivity contribution in [2.45, 2.75) is 25.3 Å². The van der Waals surface area contributed by atoms with Crippen LogP contribution in [0.1, 0.15) is 24.8 Å². The summed E-state index contributed by atoms with van der Waals surface area (Å²) in [6, 6.07) is 5.91. The minimum atomic E-state index is 0.230. The fourth-order valence-electron chi connectivity index (χ4n) is 2.18. The number of rotatable bonds is 3. The van der Waals surface area contributed by atoms with Gasteiger partial charge in [-0.15, -0.1) is 0 Å². The minimum Gasteiger partial charge on any atom is -0.396 e. The van der Waals surface area contributed by atoms with E-state index in [1.54, 1.807) is 12.3 Å². The Morgan fingerprint density at radius 2 is 2.38 bits per heavy atom. The van der Waals surface area contributed by atoms with E-state index in [0.29, 0.717) is 17.5 Å². The molecule has 2 atom stereocenters. The van der Waals surface area contributed by atoms with Crippen molar-refractivity contribution in [1.29, 1.82) is 5.26 Å². The van der Waals surface area contributed by atoms with Crippen molar-refractivity contribution in [3.05, 3.63) is 23.9 Å². The van der Waals surface area contributed by atoms with E-state index >= 15 is 0 Å².